The number of carbonyl (C=O) groups excluding carboxylic acids is 2. The summed E-state index contributed by atoms with van der Waals surface area (Å²) in [6, 6.07) is 27.4. The molecule has 4 aromatic carbocycles. The van der Waals surface area contributed by atoms with E-state index in [1.54, 1.807) is 26.4 Å². The molecule has 4 aromatic rings. The molecule has 0 radical (unpaired) electrons. The van der Waals surface area contributed by atoms with E-state index in [1.165, 1.54) is 17.3 Å². The molecule has 1 N–H and O–H groups in total. The zero-order chi connectivity index (χ0) is 29.6. The molecule has 0 saturated heterocycles. The smallest absolute Gasteiger partial charge is 0.265 e. The van der Waals surface area contributed by atoms with Gasteiger partial charge in [-0.2, -0.15) is 0 Å². The number of benzene rings is 4. The second-order valence-corrected chi connectivity index (χ2v) is 11.3. The van der Waals surface area contributed by atoms with Gasteiger partial charge in [0.2, 0.25) is 0 Å². The standard InChI is InChI=1S/C35H34N2O4S/c1-23-9-10-24(2)28(19-23)22-37-29-7-5-6-8-32(29)42-33(35(37)39)21-25-11-14-27(15-12-25)34(38)36-18-17-26-13-16-30(40-3)31(20-26)41-4/h5-16,19-21H,17-18,22H2,1-4H3,(H,36,38)/b33-21-. The largest absolute Gasteiger partial charge is 0.493 e. The summed E-state index contributed by atoms with van der Waals surface area (Å²) in [5.74, 6) is 1.16. The van der Waals surface area contributed by atoms with Gasteiger partial charge in [0.05, 0.1) is 31.4 Å². The number of aryl methyl sites for hydroxylation is 2. The third kappa shape index (κ3) is 6.52. The highest BCUT2D eigenvalue weighted by Gasteiger charge is 2.29. The number of rotatable bonds is 9. The summed E-state index contributed by atoms with van der Waals surface area (Å²) in [5, 5.41) is 2.98. The molecule has 0 saturated carbocycles. The van der Waals surface area contributed by atoms with Gasteiger partial charge in [-0.15, -0.1) is 0 Å². The minimum absolute atomic E-state index is 0.0309. The van der Waals surface area contributed by atoms with Crippen molar-refractivity contribution in [1.82, 2.24) is 5.32 Å². The molecule has 0 aromatic heterocycles. The SMILES string of the molecule is COc1ccc(CCNC(=O)c2ccc(/C=C3\Sc4ccccc4N(Cc4cc(C)ccc4C)C3=O)cc2)cc1OC. The van der Waals surface area contributed by atoms with E-state index in [4.69, 9.17) is 9.47 Å². The lowest BCUT2D eigenvalue weighted by Gasteiger charge is -2.31. The highest BCUT2D eigenvalue weighted by molar-refractivity contribution is 8.04. The summed E-state index contributed by atoms with van der Waals surface area (Å²) in [7, 11) is 3.21. The normalized spacial score (nSPS) is 13.6. The Bertz CT molecular complexity index is 1650. The number of para-hydroxylation sites is 1. The van der Waals surface area contributed by atoms with Gasteiger partial charge in [-0.3, -0.25) is 9.59 Å². The summed E-state index contributed by atoms with van der Waals surface area (Å²) >= 11 is 1.48. The average Bonchev–Trinajstić information content (AvgIpc) is 3.01. The zero-order valence-corrected chi connectivity index (χ0v) is 25.1. The van der Waals surface area contributed by atoms with Crippen LogP contribution in [0.15, 0.2) is 94.7 Å². The van der Waals surface area contributed by atoms with Crippen LogP contribution in [0.3, 0.4) is 0 Å². The predicted molar refractivity (Wildman–Crippen MR) is 169 cm³/mol. The van der Waals surface area contributed by atoms with E-state index in [-0.39, 0.29) is 11.8 Å². The second kappa shape index (κ2) is 13.0. The molecular formula is C35H34N2O4S. The average molecular weight is 579 g/mol. The van der Waals surface area contributed by atoms with E-state index in [2.05, 4.69) is 37.4 Å². The van der Waals surface area contributed by atoms with Crippen molar-refractivity contribution in [3.63, 3.8) is 0 Å². The van der Waals surface area contributed by atoms with Gasteiger partial charge in [0.25, 0.3) is 11.8 Å². The Morgan fingerprint density at radius 2 is 1.67 bits per heavy atom. The molecule has 214 valence electrons. The fourth-order valence-corrected chi connectivity index (χ4v) is 5.96. The quantitative estimate of drug-likeness (QED) is 0.217. The van der Waals surface area contributed by atoms with Crippen LogP contribution in [0.4, 0.5) is 5.69 Å². The Balaban J connectivity index is 1.27. The minimum Gasteiger partial charge on any atom is -0.493 e. The maximum Gasteiger partial charge on any atom is 0.265 e. The van der Waals surface area contributed by atoms with Gasteiger partial charge in [-0.1, -0.05) is 65.9 Å². The maximum atomic E-state index is 13.7. The van der Waals surface area contributed by atoms with E-state index >= 15 is 0 Å². The third-order valence-electron chi connectivity index (χ3n) is 7.28. The van der Waals surface area contributed by atoms with E-state index in [0.717, 1.165) is 32.8 Å². The molecule has 1 heterocycles. The van der Waals surface area contributed by atoms with Crippen molar-refractivity contribution < 1.29 is 19.1 Å². The first-order chi connectivity index (χ1) is 20.4. The number of carbonyl (C=O) groups is 2. The van der Waals surface area contributed by atoms with Gasteiger partial charge in [0, 0.05) is 17.0 Å². The van der Waals surface area contributed by atoms with Crippen molar-refractivity contribution >= 4 is 35.3 Å². The summed E-state index contributed by atoms with van der Waals surface area (Å²) in [6.45, 7) is 5.14. The van der Waals surface area contributed by atoms with Crippen molar-refractivity contribution in [2.45, 2.75) is 31.7 Å². The molecule has 6 nitrogen and oxygen atoms in total. The maximum absolute atomic E-state index is 13.7. The third-order valence-corrected chi connectivity index (χ3v) is 8.36. The number of hydrogen-bond acceptors (Lipinski definition) is 5. The van der Waals surface area contributed by atoms with E-state index in [9.17, 15) is 9.59 Å². The molecule has 1 aliphatic rings. The summed E-state index contributed by atoms with van der Waals surface area (Å²) < 4.78 is 10.6. The highest BCUT2D eigenvalue weighted by atomic mass is 32.2. The molecule has 0 bridgehead atoms. The molecule has 0 unspecified atom stereocenters. The molecule has 42 heavy (non-hydrogen) atoms. The summed E-state index contributed by atoms with van der Waals surface area (Å²) in [6.07, 6.45) is 2.56. The molecule has 2 amide bonds. The van der Waals surface area contributed by atoms with Crippen LogP contribution in [0.1, 0.15) is 38.2 Å². The Morgan fingerprint density at radius 3 is 2.43 bits per heavy atom. The lowest BCUT2D eigenvalue weighted by molar-refractivity contribution is -0.114. The van der Waals surface area contributed by atoms with E-state index in [0.29, 0.717) is 41.5 Å². The second-order valence-electron chi connectivity index (χ2n) is 10.2. The van der Waals surface area contributed by atoms with Crippen LogP contribution in [0.25, 0.3) is 6.08 Å². The first-order valence-electron chi connectivity index (χ1n) is 13.8. The van der Waals surface area contributed by atoms with Crippen molar-refractivity contribution in [3.05, 3.63) is 123 Å². The number of ether oxygens (including phenoxy) is 2. The molecule has 0 fully saturated rings. The Hall–Kier alpha value is -4.49. The van der Waals surface area contributed by atoms with Gasteiger partial charge < -0.3 is 19.7 Å². The molecule has 0 spiro atoms. The van der Waals surface area contributed by atoms with Gasteiger partial charge in [0.15, 0.2) is 11.5 Å². The van der Waals surface area contributed by atoms with Crippen LogP contribution in [0.5, 0.6) is 11.5 Å². The monoisotopic (exact) mass is 578 g/mol. The fourth-order valence-electron chi connectivity index (χ4n) is 4.90. The summed E-state index contributed by atoms with van der Waals surface area (Å²) in [5.41, 5.74) is 6.85. The first-order valence-corrected chi connectivity index (χ1v) is 14.6. The van der Waals surface area contributed by atoms with Gasteiger partial charge in [0.1, 0.15) is 0 Å². The lowest BCUT2D eigenvalue weighted by Crippen LogP contribution is -2.34. The van der Waals surface area contributed by atoms with Crippen LogP contribution >= 0.6 is 11.8 Å². The fraction of sp³-hybridized carbons (Fsp3) is 0.200. The molecular weight excluding hydrogens is 544 g/mol. The number of thioether (sulfide) groups is 1. The summed E-state index contributed by atoms with van der Waals surface area (Å²) in [4.78, 5) is 30.1. The Kier molecular flexibility index (Phi) is 8.98. The van der Waals surface area contributed by atoms with Gasteiger partial charge >= 0.3 is 0 Å². The minimum atomic E-state index is -0.147. The zero-order valence-electron chi connectivity index (χ0n) is 24.3. The number of anilines is 1. The number of nitrogens with one attached hydrogen (secondary N) is 1. The van der Waals surface area contributed by atoms with Gasteiger partial charge in [-0.25, -0.2) is 0 Å². The Labute approximate surface area is 251 Å². The number of nitrogens with zero attached hydrogens (tertiary/aromatic N) is 1. The molecule has 5 rings (SSSR count). The number of fused-ring (bicyclic) bond motifs is 1. The lowest BCUT2D eigenvalue weighted by atomic mass is 10.0. The van der Waals surface area contributed by atoms with E-state index in [1.807, 2.05) is 65.6 Å². The van der Waals surface area contributed by atoms with Crippen LogP contribution in [-0.2, 0) is 17.8 Å². The molecule has 7 heteroatoms. The van der Waals surface area contributed by atoms with Crippen molar-refractivity contribution in [2.24, 2.45) is 0 Å². The highest BCUT2D eigenvalue weighted by Crippen LogP contribution is 2.42. The van der Waals surface area contributed by atoms with Crippen molar-refractivity contribution in [1.29, 1.82) is 0 Å². The number of methoxy groups -OCH3 is 2. The van der Waals surface area contributed by atoms with Crippen LogP contribution in [0.2, 0.25) is 0 Å². The Morgan fingerprint density at radius 1 is 0.905 bits per heavy atom. The van der Waals surface area contributed by atoms with Crippen LogP contribution in [-0.4, -0.2) is 32.6 Å². The van der Waals surface area contributed by atoms with Gasteiger partial charge in [-0.05, 0) is 85.0 Å². The number of amides is 2. The molecule has 0 atom stereocenters. The van der Waals surface area contributed by atoms with Crippen LogP contribution in [0, 0.1) is 13.8 Å². The molecule has 1 aliphatic heterocycles. The van der Waals surface area contributed by atoms with E-state index < -0.39 is 0 Å². The van der Waals surface area contributed by atoms with Crippen LogP contribution < -0.4 is 19.7 Å². The topological polar surface area (TPSA) is 67.9 Å². The first kappa shape index (κ1) is 29.0. The molecule has 0 aliphatic carbocycles. The number of hydrogen-bond donors (Lipinski definition) is 1. The predicted octanol–water partition coefficient (Wildman–Crippen LogP) is 6.97. The van der Waals surface area contributed by atoms with Crippen molar-refractivity contribution in [2.75, 3.05) is 25.7 Å². The van der Waals surface area contributed by atoms with Crippen molar-refractivity contribution in [3.8, 4) is 11.5 Å².